The molecule has 1 atom stereocenters. The zero-order valence-electron chi connectivity index (χ0n) is 18.6. The molecule has 0 unspecified atom stereocenters. The first-order valence-electron chi connectivity index (χ1n) is 11.3. The van der Waals surface area contributed by atoms with Crippen LogP contribution in [0.25, 0.3) is 44.9 Å². The van der Waals surface area contributed by atoms with Gasteiger partial charge in [0.15, 0.2) is 9.84 Å². The number of aromatic nitrogens is 4. The van der Waals surface area contributed by atoms with E-state index in [2.05, 4.69) is 9.97 Å². The summed E-state index contributed by atoms with van der Waals surface area (Å²) in [4.78, 5) is 8.87. The second-order valence-corrected chi connectivity index (χ2v) is 11.0. The number of hydrogen-bond acceptors (Lipinski definition) is 6. The first kappa shape index (κ1) is 21.7. The van der Waals surface area contributed by atoms with Crippen molar-refractivity contribution in [1.29, 1.82) is 0 Å². The molecular formula is C26H21FN4O3S. The fraction of sp³-hybridized carbons (Fsp3) is 0.192. The molecule has 7 nitrogen and oxygen atoms in total. The number of halogens is 1. The lowest BCUT2D eigenvalue weighted by Crippen LogP contribution is -2.12. The summed E-state index contributed by atoms with van der Waals surface area (Å²) in [6.07, 6.45) is 3.94. The Labute approximate surface area is 201 Å². The van der Waals surface area contributed by atoms with E-state index in [-0.39, 0.29) is 23.2 Å². The second kappa shape index (κ2) is 8.42. The van der Waals surface area contributed by atoms with Gasteiger partial charge in [0, 0.05) is 29.4 Å². The summed E-state index contributed by atoms with van der Waals surface area (Å²) in [6.45, 7) is 0.475. The lowest BCUT2D eigenvalue weighted by atomic mass is 10.0. The van der Waals surface area contributed by atoms with Gasteiger partial charge in [-0.3, -0.25) is 4.68 Å². The molecule has 0 aliphatic carbocycles. The molecular weight excluding hydrogens is 467 g/mol. The highest BCUT2D eigenvalue weighted by Crippen LogP contribution is 2.37. The Morgan fingerprint density at radius 1 is 1.00 bits per heavy atom. The van der Waals surface area contributed by atoms with Crippen LogP contribution in [0.15, 0.2) is 77.6 Å². The van der Waals surface area contributed by atoms with Crippen molar-refractivity contribution in [2.45, 2.75) is 13.0 Å². The van der Waals surface area contributed by atoms with Gasteiger partial charge in [0.05, 0.1) is 22.6 Å². The molecule has 35 heavy (non-hydrogen) atoms. The summed E-state index contributed by atoms with van der Waals surface area (Å²) in [7, 11) is -3.00. The molecule has 0 radical (unpaired) electrons. The topological polar surface area (TPSA) is 90.9 Å². The van der Waals surface area contributed by atoms with E-state index in [1.165, 1.54) is 18.5 Å². The summed E-state index contributed by atoms with van der Waals surface area (Å²) in [5.74, 6) is 0.707. The third-order valence-corrected chi connectivity index (χ3v) is 8.13. The van der Waals surface area contributed by atoms with Gasteiger partial charge < -0.3 is 4.42 Å². The van der Waals surface area contributed by atoms with Gasteiger partial charge in [0.1, 0.15) is 23.6 Å². The maximum absolute atomic E-state index is 13.6. The van der Waals surface area contributed by atoms with E-state index in [1.807, 2.05) is 42.6 Å². The molecule has 0 N–H and O–H groups in total. The van der Waals surface area contributed by atoms with Crippen molar-refractivity contribution >= 4 is 20.9 Å². The molecule has 4 heterocycles. The highest BCUT2D eigenvalue weighted by molar-refractivity contribution is 7.91. The summed E-state index contributed by atoms with van der Waals surface area (Å²) in [5, 5.41) is 5.51. The predicted molar refractivity (Wildman–Crippen MR) is 131 cm³/mol. The Bertz CT molecular complexity index is 1630. The van der Waals surface area contributed by atoms with Crippen molar-refractivity contribution in [3.05, 3.63) is 79.0 Å². The van der Waals surface area contributed by atoms with Gasteiger partial charge in [-0.05, 0) is 42.7 Å². The van der Waals surface area contributed by atoms with E-state index in [9.17, 15) is 12.8 Å². The van der Waals surface area contributed by atoms with Crippen LogP contribution in [0.1, 0.15) is 6.42 Å². The Balaban J connectivity index is 1.47. The van der Waals surface area contributed by atoms with E-state index < -0.39 is 9.84 Å². The van der Waals surface area contributed by atoms with Crippen LogP contribution in [-0.2, 0) is 16.4 Å². The first-order chi connectivity index (χ1) is 16.9. The molecule has 0 bridgehead atoms. The molecule has 1 aliphatic heterocycles. The van der Waals surface area contributed by atoms with E-state index >= 15 is 0 Å². The quantitative estimate of drug-likeness (QED) is 0.346. The van der Waals surface area contributed by atoms with Crippen LogP contribution in [0.2, 0.25) is 0 Å². The average Bonchev–Trinajstić information content (AvgIpc) is 3.56. The highest BCUT2D eigenvalue weighted by atomic mass is 32.2. The fourth-order valence-electron chi connectivity index (χ4n) is 4.60. The van der Waals surface area contributed by atoms with E-state index in [0.717, 1.165) is 22.1 Å². The van der Waals surface area contributed by atoms with Gasteiger partial charge >= 0.3 is 0 Å². The first-order valence-corrected chi connectivity index (χ1v) is 13.1. The van der Waals surface area contributed by atoms with Crippen LogP contribution in [-0.4, -0.2) is 39.7 Å². The smallest absolute Gasteiger partial charge is 0.230 e. The van der Waals surface area contributed by atoms with Crippen molar-refractivity contribution in [2.75, 3.05) is 11.5 Å². The van der Waals surface area contributed by atoms with Crippen LogP contribution in [0.5, 0.6) is 0 Å². The van der Waals surface area contributed by atoms with Gasteiger partial charge in [-0.1, -0.05) is 30.3 Å². The molecule has 0 saturated carbocycles. The van der Waals surface area contributed by atoms with E-state index in [0.29, 0.717) is 35.8 Å². The van der Waals surface area contributed by atoms with Crippen molar-refractivity contribution in [3.63, 3.8) is 0 Å². The number of benzene rings is 2. The molecule has 1 saturated heterocycles. The maximum Gasteiger partial charge on any atom is 0.230 e. The SMILES string of the molecule is O=S1(=O)CC[C@@H](Cn2cc(-c3ncnc4oc(-c5ccccc5)cc34)c(-c3ccc(F)cc3)n2)C1. The van der Waals surface area contributed by atoms with Gasteiger partial charge in [-0.15, -0.1) is 0 Å². The summed E-state index contributed by atoms with van der Waals surface area (Å²) < 4.78 is 45.3. The zero-order chi connectivity index (χ0) is 24.0. The highest BCUT2D eigenvalue weighted by Gasteiger charge is 2.29. The number of nitrogens with zero attached hydrogens (tertiary/aromatic N) is 4. The van der Waals surface area contributed by atoms with Crippen LogP contribution >= 0.6 is 0 Å². The number of furan rings is 1. The maximum atomic E-state index is 13.6. The minimum atomic E-state index is -3.00. The molecule has 6 rings (SSSR count). The standard InChI is InChI=1S/C26H21FN4O3S/c27-20-8-6-19(7-9-20)24-22(14-31(30-24)13-17-10-11-35(32,33)15-17)25-21-12-23(18-4-2-1-3-5-18)34-26(21)29-16-28-25/h1-9,12,14,16-17H,10-11,13,15H2/t17-/m0/s1. The minimum Gasteiger partial charge on any atom is -0.438 e. The zero-order valence-corrected chi connectivity index (χ0v) is 19.5. The number of hydrogen-bond donors (Lipinski definition) is 0. The van der Waals surface area contributed by atoms with Crippen LogP contribution in [0, 0.1) is 11.7 Å². The number of sulfone groups is 1. The molecule has 1 fully saturated rings. The van der Waals surface area contributed by atoms with E-state index in [4.69, 9.17) is 9.52 Å². The third kappa shape index (κ3) is 4.23. The molecule has 0 spiro atoms. The van der Waals surface area contributed by atoms with Gasteiger partial charge in [-0.25, -0.2) is 22.8 Å². The van der Waals surface area contributed by atoms with Crippen LogP contribution < -0.4 is 0 Å². The number of rotatable bonds is 5. The fourth-order valence-corrected chi connectivity index (χ4v) is 6.45. The Kier molecular flexibility index (Phi) is 5.21. The van der Waals surface area contributed by atoms with Crippen molar-refractivity contribution in [1.82, 2.24) is 19.7 Å². The van der Waals surface area contributed by atoms with Crippen LogP contribution in [0.4, 0.5) is 4.39 Å². The number of fused-ring (bicyclic) bond motifs is 1. The second-order valence-electron chi connectivity index (χ2n) is 8.81. The Morgan fingerprint density at radius 3 is 2.54 bits per heavy atom. The molecule has 176 valence electrons. The van der Waals surface area contributed by atoms with Gasteiger partial charge in [0.2, 0.25) is 5.71 Å². The molecule has 3 aromatic heterocycles. The normalized spacial score (nSPS) is 17.2. The van der Waals surface area contributed by atoms with Gasteiger partial charge in [0.25, 0.3) is 0 Å². The third-order valence-electron chi connectivity index (χ3n) is 6.29. The van der Waals surface area contributed by atoms with E-state index in [1.54, 1.807) is 16.8 Å². The summed E-state index contributed by atoms with van der Waals surface area (Å²) >= 11 is 0. The molecule has 9 heteroatoms. The molecule has 1 aliphatic rings. The van der Waals surface area contributed by atoms with Crippen molar-refractivity contribution in [2.24, 2.45) is 5.92 Å². The lowest BCUT2D eigenvalue weighted by Gasteiger charge is -2.07. The average molecular weight is 489 g/mol. The van der Waals surface area contributed by atoms with Crippen molar-refractivity contribution in [3.8, 4) is 33.8 Å². The molecule has 0 amide bonds. The Hall–Kier alpha value is -3.85. The van der Waals surface area contributed by atoms with Crippen molar-refractivity contribution < 1.29 is 17.2 Å². The largest absolute Gasteiger partial charge is 0.438 e. The predicted octanol–water partition coefficient (Wildman–Crippen LogP) is 4.99. The minimum absolute atomic E-state index is 0.00200. The monoisotopic (exact) mass is 488 g/mol. The Morgan fingerprint density at radius 2 is 1.80 bits per heavy atom. The molecule has 2 aromatic carbocycles. The lowest BCUT2D eigenvalue weighted by molar-refractivity contribution is 0.458. The van der Waals surface area contributed by atoms with Crippen LogP contribution in [0.3, 0.4) is 0 Å². The molecule has 5 aromatic rings. The van der Waals surface area contributed by atoms with Gasteiger partial charge in [-0.2, -0.15) is 5.10 Å². The summed E-state index contributed by atoms with van der Waals surface area (Å²) in [6, 6.07) is 17.8. The summed E-state index contributed by atoms with van der Waals surface area (Å²) in [5.41, 5.74) is 4.13.